The van der Waals surface area contributed by atoms with Gasteiger partial charge < -0.3 is 5.11 Å². The Kier molecular flexibility index (Phi) is 4.01. The van der Waals surface area contributed by atoms with Crippen LogP contribution in [0.5, 0.6) is 0 Å². The third-order valence-electron chi connectivity index (χ3n) is 3.22. The third kappa shape index (κ3) is 3.42. The van der Waals surface area contributed by atoms with Gasteiger partial charge in [0.25, 0.3) is 0 Å². The number of rotatable bonds is 3. The summed E-state index contributed by atoms with van der Waals surface area (Å²) in [6, 6.07) is 14.5. The lowest BCUT2D eigenvalue weighted by Crippen LogP contribution is -2.10. The maximum absolute atomic E-state index is 8.97. The van der Waals surface area contributed by atoms with E-state index >= 15 is 0 Å². The van der Waals surface area contributed by atoms with Gasteiger partial charge in [-0.05, 0) is 23.1 Å². The lowest BCUT2D eigenvalue weighted by molar-refractivity contribution is 0.298. The van der Waals surface area contributed by atoms with Crippen molar-refractivity contribution in [3.63, 3.8) is 0 Å². The molecule has 19 heavy (non-hydrogen) atoms. The van der Waals surface area contributed by atoms with E-state index in [0.717, 1.165) is 17.0 Å². The predicted molar refractivity (Wildman–Crippen MR) is 79.2 cm³/mol. The van der Waals surface area contributed by atoms with E-state index in [1.54, 1.807) is 0 Å². The van der Waals surface area contributed by atoms with Crippen LogP contribution >= 0.6 is 0 Å². The molecule has 0 saturated heterocycles. The van der Waals surface area contributed by atoms with Crippen LogP contribution in [0.25, 0.3) is 11.3 Å². The maximum Gasteiger partial charge on any atom is 0.0705 e. The number of aromatic nitrogens is 1. The Morgan fingerprint density at radius 2 is 1.68 bits per heavy atom. The summed E-state index contributed by atoms with van der Waals surface area (Å²) in [7, 11) is 0. The lowest BCUT2D eigenvalue weighted by Gasteiger charge is -2.19. The van der Waals surface area contributed by atoms with Gasteiger partial charge in [0.05, 0.1) is 5.69 Å². The second-order valence-electron chi connectivity index (χ2n) is 5.82. The largest absolute Gasteiger partial charge is 0.396 e. The zero-order valence-electron chi connectivity index (χ0n) is 11.9. The van der Waals surface area contributed by atoms with Crippen LogP contribution in [0.3, 0.4) is 0 Å². The number of aliphatic hydroxyl groups excluding tert-OH is 1. The molecule has 2 nitrogen and oxygen atoms in total. The summed E-state index contributed by atoms with van der Waals surface area (Å²) in [5.74, 6) is 0. The topological polar surface area (TPSA) is 33.1 Å². The standard InChI is InChI=1S/C17H21NO/c1-17(2,3)14-9-7-13(8-10-14)16-6-4-5-15(18-16)11-12-19/h4-10,19H,11-12H2,1-3H3. The Bertz CT molecular complexity index is 538. The highest BCUT2D eigenvalue weighted by molar-refractivity contribution is 5.59. The molecule has 2 aromatic rings. The minimum atomic E-state index is 0.138. The molecular weight excluding hydrogens is 234 g/mol. The second kappa shape index (κ2) is 5.54. The first-order valence-corrected chi connectivity index (χ1v) is 6.68. The first-order valence-electron chi connectivity index (χ1n) is 6.68. The van der Waals surface area contributed by atoms with Gasteiger partial charge in [0.15, 0.2) is 0 Å². The highest BCUT2D eigenvalue weighted by atomic mass is 16.3. The van der Waals surface area contributed by atoms with Crippen molar-refractivity contribution in [1.29, 1.82) is 0 Å². The minimum Gasteiger partial charge on any atom is -0.396 e. The number of pyridine rings is 1. The van der Waals surface area contributed by atoms with Crippen molar-refractivity contribution in [2.75, 3.05) is 6.61 Å². The van der Waals surface area contributed by atoms with Gasteiger partial charge >= 0.3 is 0 Å². The summed E-state index contributed by atoms with van der Waals surface area (Å²) in [5.41, 5.74) is 4.51. The van der Waals surface area contributed by atoms with Gasteiger partial charge in [-0.15, -0.1) is 0 Å². The van der Waals surface area contributed by atoms with E-state index in [0.29, 0.717) is 6.42 Å². The molecule has 1 aromatic carbocycles. The molecule has 1 aromatic heterocycles. The van der Waals surface area contributed by atoms with Crippen molar-refractivity contribution in [1.82, 2.24) is 4.98 Å². The average Bonchev–Trinajstić information content (AvgIpc) is 2.39. The molecule has 0 bridgehead atoms. The fraction of sp³-hybridized carbons (Fsp3) is 0.353. The average molecular weight is 255 g/mol. The smallest absolute Gasteiger partial charge is 0.0705 e. The highest BCUT2D eigenvalue weighted by Gasteiger charge is 2.13. The number of aliphatic hydroxyl groups is 1. The van der Waals surface area contributed by atoms with Crippen molar-refractivity contribution in [3.8, 4) is 11.3 Å². The summed E-state index contributed by atoms with van der Waals surface area (Å²) >= 11 is 0. The van der Waals surface area contributed by atoms with E-state index in [4.69, 9.17) is 5.11 Å². The molecule has 2 heteroatoms. The molecule has 0 radical (unpaired) electrons. The van der Waals surface area contributed by atoms with Crippen molar-refractivity contribution >= 4 is 0 Å². The van der Waals surface area contributed by atoms with Crippen LogP contribution in [0.1, 0.15) is 32.0 Å². The van der Waals surface area contributed by atoms with Crippen molar-refractivity contribution in [2.45, 2.75) is 32.6 Å². The van der Waals surface area contributed by atoms with Crippen molar-refractivity contribution < 1.29 is 5.11 Å². The molecule has 0 saturated carbocycles. The molecule has 0 amide bonds. The summed E-state index contributed by atoms with van der Waals surface area (Å²) in [6.45, 7) is 6.77. The molecule has 1 N–H and O–H groups in total. The van der Waals surface area contributed by atoms with E-state index in [-0.39, 0.29) is 12.0 Å². The van der Waals surface area contributed by atoms with Gasteiger partial charge in [0.1, 0.15) is 0 Å². The van der Waals surface area contributed by atoms with Gasteiger partial charge in [-0.1, -0.05) is 51.1 Å². The van der Waals surface area contributed by atoms with Crippen molar-refractivity contribution in [2.24, 2.45) is 0 Å². The molecule has 2 rings (SSSR count). The molecule has 0 atom stereocenters. The van der Waals surface area contributed by atoms with Gasteiger partial charge in [0, 0.05) is 24.3 Å². The predicted octanol–water partition coefficient (Wildman–Crippen LogP) is 3.58. The fourth-order valence-electron chi connectivity index (χ4n) is 2.04. The van der Waals surface area contributed by atoms with E-state index in [1.165, 1.54) is 5.56 Å². The first kappa shape index (κ1) is 13.8. The van der Waals surface area contributed by atoms with Gasteiger partial charge in [-0.2, -0.15) is 0 Å². The number of nitrogens with zero attached hydrogens (tertiary/aromatic N) is 1. The molecule has 0 aliphatic heterocycles. The third-order valence-corrected chi connectivity index (χ3v) is 3.22. The number of hydrogen-bond donors (Lipinski definition) is 1. The molecule has 0 spiro atoms. The molecule has 1 heterocycles. The van der Waals surface area contributed by atoms with Crippen LogP contribution in [-0.2, 0) is 11.8 Å². The van der Waals surface area contributed by atoms with Crippen LogP contribution in [-0.4, -0.2) is 16.7 Å². The van der Waals surface area contributed by atoms with Crippen LogP contribution in [0.4, 0.5) is 0 Å². The highest BCUT2D eigenvalue weighted by Crippen LogP contribution is 2.25. The maximum atomic E-state index is 8.97. The normalized spacial score (nSPS) is 11.6. The zero-order valence-corrected chi connectivity index (χ0v) is 11.9. The van der Waals surface area contributed by atoms with Gasteiger partial charge in [-0.25, -0.2) is 0 Å². The lowest BCUT2D eigenvalue weighted by atomic mass is 9.86. The van der Waals surface area contributed by atoms with E-state index in [9.17, 15) is 0 Å². The Hall–Kier alpha value is -1.67. The summed E-state index contributed by atoms with van der Waals surface area (Å²) < 4.78 is 0. The summed E-state index contributed by atoms with van der Waals surface area (Å²) in [5, 5.41) is 8.97. The zero-order chi connectivity index (χ0) is 13.9. The SMILES string of the molecule is CC(C)(C)c1ccc(-c2cccc(CCO)n2)cc1. The van der Waals surface area contributed by atoms with Crippen LogP contribution in [0.2, 0.25) is 0 Å². The molecule has 0 unspecified atom stereocenters. The van der Waals surface area contributed by atoms with E-state index in [1.807, 2.05) is 18.2 Å². The Labute approximate surface area is 115 Å². The van der Waals surface area contributed by atoms with Crippen LogP contribution < -0.4 is 0 Å². The molecule has 0 fully saturated rings. The quantitative estimate of drug-likeness (QED) is 0.909. The second-order valence-corrected chi connectivity index (χ2v) is 5.82. The Morgan fingerprint density at radius 3 is 2.26 bits per heavy atom. The molecule has 100 valence electrons. The molecule has 0 aliphatic rings. The summed E-state index contributed by atoms with van der Waals surface area (Å²) in [4.78, 5) is 4.56. The monoisotopic (exact) mass is 255 g/mol. The first-order chi connectivity index (χ1) is 9.00. The van der Waals surface area contributed by atoms with E-state index < -0.39 is 0 Å². The molecular formula is C17H21NO. The van der Waals surface area contributed by atoms with E-state index in [2.05, 4.69) is 50.0 Å². The minimum absolute atomic E-state index is 0.138. The molecule has 0 aliphatic carbocycles. The Balaban J connectivity index is 2.29. The van der Waals surface area contributed by atoms with Gasteiger partial charge in [-0.3, -0.25) is 4.98 Å². The number of hydrogen-bond acceptors (Lipinski definition) is 2. The number of benzene rings is 1. The van der Waals surface area contributed by atoms with Gasteiger partial charge in [0.2, 0.25) is 0 Å². The van der Waals surface area contributed by atoms with Crippen molar-refractivity contribution in [3.05, 3.63) is 53.7 Å². The van der Waals surface area contributed by atoms with Crippen LogP contribution in [0.15, 0.2) is 42.5 Å². The fourth-order valence-corrected chi connectivity index (χ4v) is 2.04. The summed E-state index contributed by atoms with van der Waals surface area (Å²) in [6.07, 6.45) is 0.605. The van der Waals surface area contributed by atoms with Crippen LogP contribution in [0, 0.1) is 0 Å². The Morgan fingerprint density at radius 1 is 1.00 bits per heavy atom.